The van der Waals surface area contributed by atoms with E-state index in [2.05, 4.69) is 0 Å². The summed E-state index contributed by atoms with van der Waals surface area (Å²) in [6.07, 6.45) is 5.48. The highest BCUT2D eigenvalue weighted by Gasteiger charge is 2.52. The summed E-state index contributed by atoms with van der Waals surface area (Å²) < 4.78 is 18.2. The van der Waals surface area contributed by atoms with Crippen LogP contribution in [0.4, 0.5) is 0 Å². The fourth-order valence-electron chi connectivity index (χ4n) is 3.25. The fraction of sp³-hybridized carbons (Fsp3) is 0.421. The van der Waals surface area contributed by atoms with Gasteiger partial charge in [-0.3, -0.25) is 4.79 Å². The second-order valence-corrected chi connectivity index (χ2v) is 7.58. The van der Waals surface area contributed by atoms with Crippen molar-refractivity contribution in [2.24, 2.45) is 5.92 Å². The SMILES string of the molecule is CC1(C)OB(C2=CC3Oc4ccccc4C(=O)C3C=C2)OC1(C)C. The van der Waals surface area contributed by atoms with Crippen LogP contribution < -0.4 is 4.74 Å². The second kappa shape index (κ2) is 5.07. The number of allylic oxidation sites excluding steroid dienone is 2. The molecular weight excluding hydrogens is 303 g/mol. The smallest absolute Gasteiger partial charge is 0.485 e. The molecule has 1 aromatic carbocycles. The zero-order valence-corrected chi connectivity index (χ0v) is 14.4. The highest BCUT2D eigenvalue weighted by atomic mass is 16.7. The molecule has 1 aliphatic carbocycles. The van der Waals surface area contributed by atoms with E-state index in [-0.39, 0.29) is 29.0 Å². The molecule has 0 radical (unpaired) electrons. The summed E-state index contributed by atoms with van der Waals surface area (Å²) >= 11 is 0. The third kappa shape index (κ3) is 2.26. The van der Waals surface area contributed by atoms with Gasteiger partial charge in [0.05, 0.1) is 22.7 Å². The van der Waals surface area contributed by atoms with Gasteiger partial charge in [-0.1, -0.05) is 24.3 Å². The van der Waals surface area contributed by atoms with Crippen LogP contribution in [-0.2, 0) is 9.31 Å². The maximum absolute atomic E-state index is 12.7. The second-order valence-electron chi connectivity index (χ2n) is 7.58. The van der Waals surface area contributed by atoms with Crippen molar-refractivity contribution in [2.75, 3.05) is 0 Å². The van der Waals surface area contributed by atoms with E-state index in [9.17, 15) is 4.79 Å². The predicted octanol–water partition coefficient (Wildman–Crippen LogP) is 3.37. The molecule has 1 saturated heterocycles. The van der Waals surface area contributed by atoms with Crippen LogP contribution >= 0.6 is 0 Å². The summed E-state index contributed by atoms with van der Waals surface area (Å²) in [4.78, 5) is 12.7. The molecule has 4 rings (SSSR count). The third-order valence-electron chi connectivity index (χ3n) is 5.45. The van der Waals surface area contributed by atoms with Crippen LogP contribution in [-0.4, -0.2) is 30.2 Å². The molecule has 2 aliphatic heterocycles. The van der Waals surface area contributed by atoms with Crippen LogP contribution in [0.15, 0.2) is 48.0 Å². The summed E-state index contributed by atoms with van der Waals surface area (Å²) in [5, 5.41) is 0. The number of hydrogen-bond acceptors (Lipinski definition) is 4. The zero-order chi connectivity index (χ0) is 17.1. The summed E-state index contributed by atoms with van der Waals surface area (Å²) in [7, 11) is -0.442. The lowest BCUT2D eigenvalue weighted by molar-refractivity contribution is 0.00578. The van der Waals surface area contributed by atoms with Gasteiger partial charge in [-0.05, 0) is 51.4 Å². The van der Waals surface area contributed by atoms with Gasteiger partial charge in [-0.25, -0.2) is 0 Å². The van der Waals surface area contributed by atoms with Gasteiger partial charge in [-0.15, -0.1) is 0 Å². The maximum Gasteiger partial charge on any atom is 0.494 e. The first kappa shape index (κ1) is 15.7. The average Bonchev–Trinajstić information content (AvgIpc) is 2.75. The molecular formula is C19H21BO4. The van der Waals surface area contributed by atoms with Gasteiger partial charge < -0.3 is 14.0 Å². The van der Waals surface area contributed by atoms with E-state index in [1.807, 2.05) is 70.2 Å². The van der Waals surface area contributed by atoms with Crippen LogP contribution in [0.25, 0.3) is 0 Å². The highest BCUT2D eigenvalue weighted by Crippen LogP contribution is 2.41. The van der Waals surface area contributed by atoms with Gasteiger partial charge in [0.1, 0.15) is 11.9 Å². The molecule has 0 spiro atoms. The Balaban J connectivity index is 1.63. The van der Waals surface area contributed by atoms with Crippen molar-refractivity contribution in [1.29, 1.82) is 0 Å². The fourth-order valence-corrected chi connectivity index (χ4v) is 3.25. The van der Waals surface area contributed by atoms with Crippen LogP contribution in [0.5, 0.6) is 5.75 Å². The number of rotatable bonds is 1. The summed E-state index contributed by atoms with van der Waals surface area (Å²) in [6.45, 7) is 8.11. The number of Topliss-reactive ketones (excluding diaryl/α,β-unsaturated/α-hetero) is 1. The Bertz CT molecular complexity index is 746. The number of benzene rings is 1. The minimum atomic E-state index is -0.442. The topological polar surface area (TPSA) is 44.8 Å². The van der Waals surface area contributed by atoms with E-state index in [0.717, 1.165) is 5.47 Å². The van der Waals surface area contributed by atoms with Crippen molar-refractivity contribution in [3.8, 4) is 5.75 Å². The van der Waals surface area contributed by atoms with Crippen molar-refractivity contribution in [3.05, 3.63) is 53.5 Å². The van der Waals surface area contributed by atoms with Crippen molar-refractivity contribution in [1.82, 2.24) is 0 Å². The first-order valence-corrected chi connectivity index (χ1v) is 8.34. The number of ketones is 1. The van der Waals surface area contributed by atoms with E-state index in [0.29, 0.717) is 11.3 Å². The number of hydrogen-bond donors (Lipinski definition) is 0. The average molecular weight is 324 g/mol. The van der Waals surface area contributed by atoms with Gasteiger partial charge in [0, 0.05) is 0 Å². The molecule has 1 aromatic rings. The van der Waals surface area contributed by atoms with Crippen LogP contribution in [0.1, 0.15) is 38.1 Å². The molecule has 124 valence electrons. The first-order valence-electron chi connectivity index (χ1n) is 8.34. The third-order valence-corrected chi connectivity index (χ3v) is 5.45. The van der Waals surface area contributed by atoms with E-state index in [1.165, 1.54) is 0 Å². The van der Waals surface area contributed by atoms with Gasteiger partial charge in [0.15, 0.2) is 5.78 Å². The lowest BCUT2D eigenvalue weighted by atomic mass is 9.72. The Kier molecular flexibility index (Phi) is 3.31. The molecule has 0 aromatic heterocycles. The summed E-state index contributed by atoms with van der Waals surface area (Å²) in [5.41, 5.74) is 0.774. The monoisotopic (exact) mass is 324 g/mol. The van der Waals surface area contributed by atoms with E-state index in [1.54, 1.807) is 0 Å². The van der Waals surface area contributed by atoms with E-state index < -0.39 is 7.12 Å². The molecule has 0 N–H and O–H groups in total. The van der Waals surface area contributed by atoms with E-state index in [4.69, 9.17) is 14.0 Å². The molecule has 4 nitrogen and oxygen atoms in total. The van der Waals surface area contributed by atoms with Gasteiger partial charge in [0.25, 0.3) is 0 Å². The Morgan fingerprint density at radius 3 is 2.42 bits per heavy atom. The predicted molar refractivity (Wildman–Crippen MR) is 92.0 cm³/mol. The summed E-state index contributed by atoms with van der Waals surface area (Å²) in [6, 6.07) is 7.39. The van der Waals surface area contributed by atoms with Crippen molar-refractivity contribution in [2.45, 2.75) is 45.0 Å². The minimum Gasteiger partial charge on any atom is -0.485 e. The highest BCUT2D eigenvalue weighted by molar-refractivity contribution is 6.55. The van der Waals surface area contributed by atoms with Crippen LogP contribution in [0.2, 0.25) is 0 Å². The molecule has 0 bridgehead atoms. The largest absolute Gasteiger partial charge is 0.494 e. The number of ether oxygens (including phenoxy) is 1. The molecule has 0 saturated carbocycles. The number of fused-ring (bicyclic) bond motifs is 2. The van der Waals surface area contributed by atoms with Crippen molar-refractivity contribution >= 4 is 12.9 Å². The lowest BCUT2D eigenvalue weighted by Gasteiger charge is -2.32. The number of para-hydroxylation sites is 1. The Morgan fingerprint density at radius 1 is 1.04 bits per heavy atom. The molecule has 5 heteroatoms. The molecule has 1 fully saturated rings. The van der Waals surface area contributed by atoms with Crippen molar-refractivity contribution in [3.63, 3.8) is 0 Å². The molecule has 2 atom stereocenters. The van der Waals surface area contributed by atoms with Crippen molar-refractivity contribution < 1.29 is 18.8 Å². The molecule has 2 unspecified atom stereocenters. The quantitative estimate of drug-likeness (QED) is 0.743. The number of carbonyl (C=O) groups excluding carboxylic acids is 1. The standard InChI is InChI=1S/C19H21BO4/c1-18(2)19(3,4)24-20(23-18)12-9-10-14-16(11-12)22-15-8-6-5-7-13(15)17(14)21/h5-11,14,16H,1-4H3. The van der Waals surface area contributed by atoms with Gasteiger partial charge >= 0.3 is 7.12 Å². The van der Waals surface area contributed by atoms with Gasteiger partial charge in [0.2, 0.25) is 0 Å². The Morgan fingerprint density at radius 2 is 1.71 bits per heavy atom. The lowest BCUT2D eigenvalue weighted by Crippen LogP contribution is -2.41. The van der Waals surface area contributed by atoms with Crippen LogP contribution in [0.3, 0.4) is 0 Å². The normalized spacial score (nSPS) is 29.6. The Hall–Kier alpha value is -1.85. The summed E-state index contributed by atoms with van der Waals surface area (Å²) in [5.74, 6) is 0.456. The zero-order valence-electron chi connectivity index (χ0n) is 14.4. The molecule has 0 amide bonds. The van der Waals surface area contributed by atoms with Gasteiger partial charge in [-0.2, -0.15) is 0 Å². The number of carbonyl (C=O) groups is 1. The minimum absolute atomic E-state index is 0.0994. The molecule has 2 heterocycles. The Labute approximate surface area is 142 Å². The van der Waals surface area contributed by atoms with Crippen LogP contribution in [0, 0.1) is 5.92 Å². The maximum atomic E-state index is 12.7. The molecule has 3 aliphatic rings. The molecule has 24 heavy (non-hydrogen) atoms. The first-order chi connectivity index (χ1) is 11.3. The van der Waals surface area contributed by atoms with E-state index >= 15 is 0 Å².